The van der Waals surface area contributed by atoms with Crippen LogP contribution >= 0.6 is 11.8 Å². The first-order valence-corrected chi connectivity index (χ1v) is 9.56. The van der Waals surface area contributed by atoms with Gasteiger partial charge in [0.05, 0.1) is 18.0 Å². The van der Waals surface area contributed by atoms with Crippen LogP contribution in [0.25, 0.3) is 5.70 Å². The Morgan fingerprint density at radius 2 is 1.78 bits per heavy atom. The van der Waals surface area contributed by atoms with E-state index in [1.165, 1.54) is 11.8 Å². The lowest BCUT2D eigenvalue weighted by Crippen LogP contribution is -2.21. The predicted molar refractivity (Wildman–Crippen MR) is 110 cm³/mol. The number of anilines is 1. The van der Waals surface area contributed by atoms with E-state index >= 15 is 0 Å². The number of hydrogen-bond donors (Lipinski definition) is 0. The number of hydrogen-bond acceptors (Lipinski definition) is 5. The molecule has 0 aliphatic carbocycles. The molecule has 0 amide bonds. The van der Waals surface area contributed by atoms with Crippen LogP contribution in [0.3, 0.4) is 0 Å². The maximum Gasteiger partial charge on any atom is 0.351 e. The fourth-order valence-electron chi connectivity index (χ4n) is 3.07. The first kappa shape index (κ1) is 18.8. The maximum atomic E-state index is 12.4. The van der Waals surface area contributed by atoms with E-state index in [1.54, 1.807) is 6.92 Å². The molecule has 4 nitrogen and oxygen atoms in total. The number of benzene rings is 2. The Balaban J connectivity index is 2.22. The first-order valence-electron chi connectivity index (χ1n) is 8.68. The zero-order chi connectivity index (χ0) is 19.4. The lowest BCUT2D eigenvalue weighted by atomic mass is 10.1. The Bertz CT molecular complexity index is 951. The SMILES string of the molecule is CCOC(=O)/C(C#N)=C1\SC=C(c2ccccc2)N1c1c(C)cccc1C. The molecule has 5 heteroatoms. The van der Waals surface area contributed by atoms with Gasteiger partial charge in [-0.2, -0.15) is 5.26 Å². The molecule has 1 aliphatic rings. The highest BCUT2D eigenvalue weighted by molar-refractivity contribution is 8.06. The molecule has 0 aromatic heterocycles. The molecule has 3 rings (SSSR count). The number of thioether (sulfide) groups is 1. The van der Waals surface area contributed by atoms with Crippen molar-refractivity contribution in [3.8, 4) is 6.07 Å². The van der Waals surface area contributed by atoms with E-state index in [2.05, 4.69) is 0 Å². The zero-order valence-corrected chi connectivity index (χ0v) is 16.3. The van der Waals surface area contributed by atoms with Gasteiger partial charge >= 0.3 is 5.97 Å². The molecule has 2 aromatic rings. The number of para-hydroxylation sites is 1. The van der Waals surface area contributed by atoms with Gasteiger partial charge in [0.15, 0.2) is 5.57 Å². The first-order chi connectivity index (χ1) is 13.1. The number of aryl methyl sites for hydroxylation is 2. The number of nitrogens with zero attached hydrogens (tertiary/aromatic N) is 2. The molecule has 0 spiro atoms. The average molecular weight is 376 g/mol. The Morgan fingerprint density at radius 1 is 1.11 bits per heavy atom. The van der Waals surface area contributed by atoms with Gasteiger partial charge in [0, 0.05) is 5.41 Å². The van der Waals surface area contributed by atoms with E-state index in [4.69, 9.17) is 4.74 Å². The molecule has 0 atom stereocenters. The number of rotatable bonds is 4. The summed E-state index contributed by atoms with van der Waals surface area (Å²) in [6.45, 7) is 6.02. The topological polar surface area (TPSA) is 53.3 Å². The third-order valence-electron chi connectivity index (χ3n) is 4.26. The van der Waals surface area contributed by atoms with Gasteiger partial charge in [-0.15, -0.1) is 0 Å². The Hall–Kier alpha value is -2.97. The summed E-state index contributed by atoms with van der Waals surface area (Å²) >= 11 is 1.37. The lowest BCUT2D eigenvalue weighted by molar-refractivity contribution is -0.138. The molecule has 0 fully saturated rings. The summed E-state index contributed by atoms with van der Waals surface area (Å²) in [4.78, 5) is 14.4. The van der Waals surface area contributed by atoms with Gasteiger partial charge in [0.2, 0.25) is 0 Å². The maximum absolute atomic E-state index is 12.4. The Morgan fingerprint density at radius 3 is 2.37 bits per heavy atom. The van der Waals surface area contributed by atoms with Crippen molar-refractivity contribution in [2.24, 2.45) is 0 Å². The molecule has 2 aromatic carbocycles. The third-order valence-corrected chi connectivity index (χ3v) is 5.22. The zero-order valence-electron chi connectivity index (χ0n) is 15.5. The molecule has 27 heavy (non-hydrogen) atoms. The summed E-state index contributed by atoms with van der Waals surface area (Å²) in [5.41, 5.74) is 5.08. The van der Waals surface area contributed by atoms with Gasteiger partial charge in [-0.3, -0.25) is 0 Å². The van der Waals surface area contributed by atoms with Crippen LogP contribution in [0.4, 0.5) is 5.69 Å². The molecule has 0 unspecified atom stereocenters. The van der Waals surface area contributed by atoms with Crippen molar-refractivity contribution in [2.75, 3.05) is 11.5 Å². The van der Waals surface area contributed by atoms with Crippen molar-refractivity contribution in [3.05, 3.63) is 81.2 Å². The third kappa shape index (κ3) is 3.62. The molecule has 0 bridgehead atoms. The monoisotopic (exact) mass is 376 g/mol. The van der Waals surface area contributed by atoms with Gasteiger partial charge in [-0.05, 0) is 37.5 Å². The number of ether oxygens (including phenoxy) is 1. The molecule has 0 saturated heterocycles. The van der Waals surface area contributed by atoms with Crippen LogP contribution in [0, 0.1) is 25.2 Å². The summed E-state index contributed by atoms with van der Waals surface area (Å²) in [6.07, 6.45) is 0. The Labute approximate surface area is 163 Å². The minimum atomic E-state index is -0.596. The average Bonchev–Trinajstić information content (AvgIpc) is 3.08. The van der Waals surface area contributed by atoms with Crippen LogP contribution < -0.4 is 4.90 Å². The van der Waals surface area contributed by atoms with Crippen molar-refractivity contribution in [3.63, 3.8) is 0 Å². The normalized spacial score (nSPS) is 15.2. The summed E-state index contributed by atoms with van der Waals surface area (Å²) in [7, 11) is 0. The van der Waals surface area contributed by atoms with E-state index in [1.807, 2.05) is 78.8 Å². The van der Waals surface area contributed by atoms with E-state index in [0.29, 0.717) is 5.03 Å². The highest BCUT2D eigenvalue weighted by atomic mass is 32.2. The van der Waals surface area contributed by atoms with Gasteiger partial charge in [-0.25, -0.2) is 4.79 Å². The van der Waals surface area contributed by atoms with Crippen LogP contribution in [-0.2, 0) is 9.53 Å². The van der Waals surface area contributed by atoms with Crippen LogP contribution in [0.1, 0.15) is 23.6 Å². The minimum Gasteiger partial charge on any atom is -0.462 e. The summed E-state index contributed by atoms with van der Waals surface area (Å²) in [5, 5.41) is 12.2. The van der Waals surface area contributed by atoms with Gasteiger partial charge in [0.1, 0.15) is 11.1 Å². The van der Waals surface area contributed by atoms with Gasteiger partial charge in [0.25, 0.3) is 0 Å². The van der Waals surface area contributed by atoms with Crippen LogP contribution in [0.5, 0.6) is 0 Å². The predicted octanol–water partition coefficient (Wildman–Crippen LogP) is 5.15. The number of carbonyl (C=O) groups excluding carboxylic acids is 1. The lowest BCUT2D eigenvalue weighted by Gasteiger charge is -2.27. The fraction of sp³-hybridized carbons (Fsp3) is 0.182. The highest BCUT2D eigenvalue weighted by Gasteiger charge is 2.32. The molecule has 0 radical (unpaired) electrons. The van der Waals surface area contributed by atoms with Crippen LogP contribution in [-0.4, -0.2) is 12.6 Å². The number of esters is 1. The van der Waals surface area contributed by atoms with Crippen molar-refractivity contribution in [2.45, 2.75) is 20.8 Å². The summed E-state index contributed by atoms with van der Waals surface area (Å²) < 4.78 is 5.11. The summed E-state index contributed by atoms with van der Waals surface area (Å²) in [6, 6.07) is 18.1. The molecule has 1 aliphatic heterocycles. The number of carbonyl (C=O) groups is 1. The van der Waals surface area contributed by atoms with E-state index in [-0.39, 0.29) is 12.2 Å². The molecule has 0 N–H and O–H groups in total. The molecule has 136 valence electrons. The quantitative estimate of drug-likeness (QED) is 0.419. The molecular formula is C22H20N2O2S. The Kier molecular flexibility index (Phi) is 5.68. The fourth-order valence-corrected chi connectivity index (χ4v) is 4.07. The second-order valence-corrected chi connectivity index (χ2v) is 6.93. The summed E-state index contributed by atoms with van der Waals surface area (Å²) in [5.74, 6) is -0.596. The van der Waals surface area contributed by atoms with Crippen molar-refractivity contribution >= 4 is 29.1 Å². The number of nitriles is 1. The highest BCUT2D eigenvalue weighted by Crippen LogP contribution is 2.46. The van der Waals surface area contributed by atoms with E-state index in [9.17, 15) is 10.1 Å². The standard InChI is InChI=1S/C22H20N2O2S/c1-4-26-22(25)18(13-23)21-24(20-15(2)9-8-10-16(20)3)19(14-27-21)17-11-6-5-7-12-17/h5-12,14H,4H2,1-3H3/b21-18-. The smallest absolute Gasteiger partial charge is 0.351 e. The van der Waals surface area contributed by atoms with E-state index in [0.717, 1.165) is 28.1 Å². The van der Waals surface area contributed by atoms with Crippen molar-refractivity contribution in [1.82, 2.24) is 0 Å². The second-order valence-electron chi connectivity index (χ2n) is 6.08. The van der Waals surface area contributed by atoms with Crippen LogP contribution in [0.15, 0.2) is 64.5 Å². The second kappa shape index (κ2) is 8.15. The molecule has 0 saturated carbocycles. The van der Waals surface area contributed by atoms with Crippen molar-refractivity contribution < 1.29 is 9.53 Å². The minimum absolute atomic E-state index is 0.0201. The largest absolute Gasteiger partial charge is 0.462 e. The molecule has 1 heterocycles. The van der Waals surface area contributed by atoms with Gasteiger partial charge in [-0.1, -0.05) is 60.3 Å². The van der Waals surface area contributed by atoms with Crippen molar-refractivity contribution in [1.29, 1.82) is 5.26 Å². The molecular weight excluding hydrogens is 356 g/mol. The van der Waals surface area contributed by atoms with Gasteiger partial charge < -0.3 is 9.64 Å². The van der Waals surface area contributed by atoms with Crippen LogP contribution in [0.2, 0.25) is 0 Å². The van der Waals surface area contributed by atoms with E-state index < -0.39 is 5.97 Å².